The lowest BCUT2D eigenvalue weighted by molar-refractivity contribution is 0.171. The Morgan fingerprint density at radius 3 is 0.571 bits per heavy atom. The van der Waals surface area contributed by atoms with Crippen molar-refractivity contribution < 1.29 is 37.9 Å². The van der Waals surface area contributed by atoms with Crippen molar-refractivity contribution in [3.8, 4) is 46.0 Å². The van der Waals surface area contributed by atoms with E-state index < -0.39 is 0 Å². The summed E-state index contributed by atoms with van der Waals surface area (Å²) in [6.45, 7) is 28.6. The molecule has 0 N–H and O–H groups in total. The second-order valence-corrected chi connectivity index (χ2v) is 18.4. The summed E-state index contributed by atoms with van der Waals surface area (Å²) < 4.78 is 50.5. The zero-order valence-corrected chi connectivity index (χ0v) is 35.9. The largest absolute Gasteiger partial charge is 0.486 e. The van der Waals surface area contributed by atoms with E-state index in [0.717, 1.165) is 22.3 Å². The highest BCUT2D eigenvalue weighted by molar-refractivity contribution is 5.48. The minimum Gasteiger partial charge on any atom is -0.486 e. The van der Waals surface area contributed by atoms with Crippen LogP contribution in [0.25, 0.3) is 0 Å². The van der Waals surface area contributed by atoms with Crippen LogP contribution in [0, 0.1) is 0 Å². The molecule has 8 heteroatoms. The summed E-state index contributed by atoms with van der Waals surface area (Å²) in [5.74, 6) is 5.18. The van der Waals surface area contributed by atoms with Gasteiger partial charge in [-0.25, -0.2) is 0 Å². The van der Waals surface area contributed by atoms with E-state index in [9.17, 15) is 0 Å². The van der Waals surface area contributed by atoms with E-state index in [-0.39, 0.29) is 21.7 Å². The van der Waals surface area contributed by atoms with Crippen LogP contribution in [0.3, 0.4) is 0 Å². The van der Waals surface area contributed by atoms with Crippen molar-refractivity contribution in [1.82, 2.24) is 0 Å². The molecule has 5 rings (SSSR count). The zero-order chi connectivity index (χ0) is 40.7. The van der Waals surface area contributed by atoms with E-state index in [1.807, 2.05) is 24.3 Å². The first-order chi connectivity index (χ1) is 26.3. The average molecular weight is 769 g/mol. The molecule has 0 aliphatic carbocycles. The standard InChI is InChI=1S/C48H64O8/c1-45(2,3)33-13-17-37-41(29-33)53-25-26-54-42-30-34(46(4,5)6)14-18-38(42)51-23-24-52-40-20-16-36(48(10,11)12)32-44(40)56-28-27-55-43-31-35(47(7,8)9)15-19-39(43)50-22-21-49-37/h13-20,29-32H,21-28H2,1-12H3. The van der Waals surface area contributed by atoms with E-state index in [1.54, 1.807) is 0 Å². The number of hydrogen-bond acceptors (Lipinski definition) is 8. The van der Waals surface area contributed by atoms with Crippen LogP contribution in [0.15, 0.2) is 72.8 Å². The first-order valence-electron chi connectivity index (χ1n) is 19.9. The van der Waals surface area contributed by atoms with Gasteiger partial charge in [0.15, 0.2) is 46.0 Å². The Kier molecular flexibility index (Phi) is 13.3. The number of fused-ring (bicyclic) bond motifs is 4. The summed E-state index contributed by atoms with van der Waals surface area (Å²) in [6.07, 6.45) is 0. The molecule has 0 saturated carbocycles. The van der Waals surface area contributed by atoms with E-state index in [2.05, 4.69) is 132 Å². The third-order valence-electron chi connectivity index (χ3n) is 9.63. The van der Waals surface area contributed by atoms with E-state index in [1.165, 1.54) is 0 Å². The van der Waals surface area contributed by atoms with Crippen LogP contribution < -0.4 is 37.9 Å². The lowest BCUT2D eigenvalue weighted by Crippen LogP contribution is -2.17. The summed E-state index contributed by atoms with van der Waals surface area (Å²) in [7, 11) is 0. The van der Waals surface area contributed by atoms with Gasteiger partial charge in [0.25, 0.3) is 0 Å². The molecular weight excluding hydrogens is 705 g/mol. The van der Waals surface area contributed by atoms with Crippen molar-refractivity contribution in [3.63, 3.8) is 0 Å². The van der Waals surface area contributed by atoms with Gasteiger partial charge in [-0.1, -0.05) is 107 Å². The Hall–Kier alpha value is -4.72. The molecule has 304 valence electrons. The minimum absolute atomic E-state index is 0.0713. The van der Waals surface area contributed by atoms with Gasteiger partial charge >= 0.3 is 0 Å². The fourth-order valence-electron chi connectivity index (χ4n) is 6.04. The maximum absolute atomic E-state index is 6.35. The SMILES string of the molecule is CC(C)(C)c1ccc2c(c1)OCCOc1cc(C(C)(C)C)ccc1OCCOc1ccc(C(C)(C)C)cc1OCCOc1cc(C(C)(C)C)ccc1OCCO2. The molecule has 56 heavy (non-hydrogen) atoms. The van der Waals surface area contributed by atoms with Gasteiger partial charge in [-0.3, -0.25) is 0 Å². The molecule has 4 aromatic rings. The van der Waals surface area contributed by atoms with E-state index in [0.29, 0.717) is 98.9 Å². The third kappa shape index (κ3) is 11.7. The number of ether oxygens (including phenoxy) is 8. The zero-order valence-electron chi connectivity index (χ0n) is 35.9. The van der Waals surface area contributed by atoms with Crippen LogP contribution in [-0.2, 0) is 21.7 Å². The Morgan fingerprint density at radius 1 is 0.250 bits per heavy atom. The molecule has 8 nitrogen and oxygen atoms in total. The van der Waals surface area contributed by atoms with Crippen molar-refractivity contribution >= 4 is 0 Å². The molecule has 0 amide bonds. The van der Waals surface area contributed by atoms with Crippen molar-refractivity contribution in [2.45, 2.75) is 105 Å². The summed E-state index contributed by atoms with van der Waals surface area (Å²) in [6, 6.07) is 24.4. The molecule has 0 radical (unpaired) electrons. The van der Waals surface area contributed by atoms with Gasteiger partial charge in [-0.15, -0.1) is 0 Å². The summed E-state index contributed by atoms with van der Waals surface area (Å²) in [5, 5.41) is 0. The van der Waals surface area contributed by atoms with Crippen molar-refractivity contribution in [3.05, 3.63) is 95.1 Å². The van der Waals surface area contributed by atoms with Crippen molar-refractivity contribution in [1.29, 1.82) is 0 Å². The average Bonchev–Trinajstić information content (AvgIpc) is 3.11. The Labute approximate surface area is 335 Å². The second kappa shape index (κ2) is 17.6. The van der Waals surface area contributed by atoms with Crippen molar-refractivity contribution in [2.75, 3.05) is 52.9 Å². The first kappa shape index (κ1) is 42.4. The number of rotatable bonds is 0. The predicted molar refractivity (Wildman–Crippen MR) is 225 cm³/mol. The molecule has 0 aromatic heterocycles. The summed E-state index contributed by atoms with van der Waals surface area (Å²) in [5.41, 5.74) is 4.28. The van der Waals surface area contributed by atoms with Crippen LogP contribution in [0.1, 0.15) is 105 Å². The lowest BCUT2D eigenvalue weighted by Gasteiger charge is -2.23. The Bertz CT molecular complexity index is 1620. The highest BCUT2D eigenvalue weighted by Crippen LogP contribution is 2.38. The molecule has 0 saturated heterocycles. The van der Waals surface area contributed by atoms with Gasteiger partial charge in [-0.2, -0.15) is 0 Å². The first-order valence-corrected chi connectivity index (χ1v) is 19.9. The van der Waals surface area contributed by atoms with Crippen LogP contribution >= 0.6 is 0 Å². The maximum Gasteiger partial charge on any atom is 0.161 e. The van der Waals surface area contributed by atoms with Crippen molar-refractivity contribution in [2.24, 2.45) is 0 Å². The minimum atomic E-state index is -0.0713. The molecule has 0 unspecified atom stereocenters. The van der Waals surface area contributed by atoms with Crippen LogP contribution in [-0.4, -0.2) is 52.9 Å². The Morgan fingerprint density at radius 2 is 0.411 bits per heavy atom. The fourth-order valence-corrected chi connectivity index (χ4v) is 6.04. The molecule has 0 spiro atoms. The maximum atomic E-state index is 6.35. The number of hydrogen-bond donors (Lipinski definition) is 0. The predicted octanol–water partition coefficient (Wildman–Crippen LogP) is 11.0. The van der Waals surface area contributed by atoms with Gasteiger partial charge < -0.3 is 37.9 Å². The normalized spacial score (nSPS) is 15.4. The summed E-state index contributed by atoms with van der Waals surface area (Å²) >= 11 is 0. The van der Waals surface area contributed by atoms with Crippen LogP contribution in [0.5, 0.6) is 46.0 Å². The topological polar surface area (TPSA) is 73.8 Å². The third-order valence-corrected chi connectivity index (χ3v) is 9.63. The monoisotopic (exact) mass is 768 g/mol. The van der Waals surface area contributed by atoms with Crippen LogP contribution in [0.4, 0.5) is 0 Å². The molecule has 0 fully saturated rings. The lowest BCUT2D eigenvalue weighted by atomic mass is 9.87. The highest BCUT2D eigenvalue weighted by Gasteiger charge is 2.22. The van der Waals surface area contributed by atoms with Gasteiger partial charge in [-0.05, 0) is 92.4 Å². The molecule has 1 aliphatic rings. The molecule has 1 aliphatic heterocycles. The summed E-state index contributed by atoms with van der Waals surface area (Å²) in [4.78, 5) is 0. The van der Waals surface area contributed by atoms with E-state index in [4.69, 9.17) is 37.9 Å². The van der Waals surface area contributed by atoms with Crippen LogP contribution in [0.2, 0.25) is 0 Å². The van der Waals surface area contributed by atoms with Gasteiger partial charge in [0.05, 0.1) is 0 Å². The molecule has 4 aromatic carbocycles. The molecule has 0 bridgehead atoms. The molecule has 1 heterocycles. The van der Waals surface area contributed by atoms with Gasteiger partial charge in [0, 0.05) is 0 Å². The molecule has 0 atom stereocenters. The van der Waals surface area contributed by atoms with Gasteiger partial charge in [0.2, 0.25) is 0 Å². The van der Waals surface area contributed by atoms with Gasteiger partial charge in [0.1, 0.15) is 52.9 Å². The molecular formula is C48H64O8. The quantitative estimate of drug-likeness (QED) is 0.175. The van der Waals surface area contributed by atoms with E-state index >= 15 is 0 Å². The number of benzene rings is 4. The highest BCUT2D eigenvalue weighted by atomic mass is 16.6. The fraction of sp³-hybridized carbons (Fsp3) is 0.500. The second-order valence-electron chi connectivity index (χ2n) is 18.4. The smallest absolute Gasteiger partial charge is 0.161 e. The Balaban J connectivity index is 1.43.